The van der Waals surface area contributed by atoms with Gasteiger partial charge in [0.25, 0.3) is 0 Å². The molecule has 0 aromatic heterocycles. The molecule has 1 aliphatic heterocycles. The Hall–Kier alpha value is -3.24. The minimum absolute atomic E-state index is 0.0393. The molecule has 4 aliphatic carbocycles. The van der Waals surface area contributed by atoms with E-state index in [4.69, 9.17) is 15.2 Å². The van der Waals surface area contributed by atoms with Gasteiger partial charge in [-0.2, -0.15) is 0 Å². The van der Waals surface area contributed by atoms with Crippen LogP contribution in [0.3, 0.4) is 0 Å². The van der Waals surface area contributed by atoms with Gasteiger partial charge in [0, 0.05) is 28.0 Å². The first-order valence-corrected chi connectivity index (χ1v) is 15.2. The van der Waals surface area contributed by atoms with Crippen LogP contribution < -0.4 is 5.73 Å². The lowest BCUT2D eigenvalue weighted by Crippen LogP contribution is -2.70. The summed E-state index contributed by atoms with van der Waals surface area (Å²) in [6.45, 7) is 2.49. The molecule has 1 saturated heterocycles. The van der Waals surface area contributed by atoms with Crippen LogP contribution in [0.2, 0.25) is 0 Å². The van der Waals surface area contributed by atoms with Crippen LogP contribution in [0.15, 0.2) is 72.3 Å². The molecule has 4 N–H and O–H groups in total. The third-order valence-electron chi connectivity index (χ3n) is 11.5. The lowest BCUT2D eigenvalue weighted by Gasteiger charge is -2.63. The Kier molecular flexibility index (Phi) is 6.62. The van der Waals surface area contributed by atoms with Gasteiger partial charge in [0.1, 0.15) is 12.8 Å². The molecule has 2 aromatic rings. The first kappa shape index (κ1) is 29.5. The predicted molar refractivity (Wildman–Crippen MR) is 158 cm³/mol. The van der Waals surface area contributed by atoms with Crippen molar-refractivity contribution in [1.82, 2.24) is 0 Å². The number of carbonyl (C=O) groups is 2. The number of allylic oxidation sites excluding steroid dienone is 4. The lowest BCUT2D eigenvalue weighted by molar-refractivity contribution is -0.235. The normalized spacial score (nSPS) is 42.2. The highest BCUT2D eigenvalue weighted by molar-refractivity contribution is 6.01. The second-order valence-corrected chi connectivity index (χ2v) is 13.6. The van der Waals surface area contributed by atoms with Crippen molar-refractivity contribution < 1.29 is 38.1 Å². The van der Waals surface area contributed by atoms with Crippen molar-refractivity contribution in [3.05, 3.63) is 89.0 Å². The van der Waals surface area contributed by atoms with Crippen LogP contribution in [0.5, 0.6) is 0 Å². The number of alkyl halides is 2. The first-order chi connectivity index (χ1) is 20.9. The Morgan fingerprint density at radius 1 is 1.09 bits per heavy atom. The molecule has 1 heterocycles. The van der Waals surface area contributed by atoms with E-state index in [1.54, 1.807) is 6.92 Å². The van der Waals surface area contributed by atoms with Crippen LogP contribution in [-0.4, -0.2) is 58.0 Å². The summed E-state index contributed by atoms with van der Waals surface area (Å²) in [6, 6.07) is 15.3. The average Bonchev–Trinajstić information content (AvgIpc) is 3.49. The van der Waals surface area contributed by atoms with Crippen LogP contribution in [0, 0.1) is 22.7 Å². The quantitative estimate of drug-likeness (QED) is 0.430. The van der Waals surface area contributed by atoms with Crippen molar-refractivity contribution >= 4 is 17.3 Å². The summed E-state index contributed by atoms with van der Waals surface area (Å²) in [7, 11) is 0. The fourth-order valence-electron chi connectivity index (χ4n) is 9.45. The number of aliphatic hydroxyl groups is 2. The molecule has 232 valence electrons. The van der Waals surface area contributed by atoms with Crippen molar-refractivity contribution in [1.29, 1.82) is 0 Å². The lowest BCUT2D eigenvalue weighted by atomic mass is 9.44. The van der Waals surface area contributed by atoms with E-state index in [1.165, 1.54) is 19.1 Å². The standard InChI is InChI=1S/C35H37F2NO6/c1-32-11-10-23(40)14-26(32)27(36)15-25-24-16-30-35(29(42)18-39,33(24,2)17-28(41)34(25,32)37)44-31(43-30)21-8-6-19(7-9-21)12-20-4-3-5-22(38)13-20/h3-11,13-14,24-25,27-28,30-31,39,41H,12,15-18,38H2,1-2H3/t24-,25-,27-,28-,30+,31-,32-,33?,34-,35+/m0/s1. The topological polar surface area (TPSA) is 119 Å². The van der Waals surface area contributed by atoms with Crippen molar-refractivity contribution in [2.45, 2.75) is 75.5 Å². The van der Waals surface area contributed by atoms with Gasteiger partial charge in [0.2, 0.25) is 0 Å². The third-order valence-corrected chi connectivity index (χ3v) is 11.5. The predicted octanol–water partition coefficient (Wildman–Crippen LogP) is 4.50. The number of aliphatic hydroxyl groups excluding tert-OH is 2. The molecule has 5 aliphatic rings. The van der Waals surface area contributed by atoms with Crippen LogP contribution in [-0.2, 0) is 25.5 Å². The van der Waals surface area contributed by atoms with Gasteiger partial charge in [-0.15, -0.1) is 0 Å². The summed E-state index contributed by atoms with van der Waals surface area (Å²) < 4.78 is 46.3. The van der Waals surface area contributed by atoms with E-state index in [0.717, 1.165) is 17.2 Å². The van der Waals surface area contributed by atoms with Crippen molar-refractivity contribution in [2.75, 3.05) is 12.3 Å². The van der Waals surface area contributed by atoms with E-state index in [0.29, 0.717) is 17.7 Å². The number of rotatable bonds is 5. The Morgan fingerprint density at radius 2 is 1.84 bits per heavy atom. The number of Topliss-reactive ketones (excluding diaryl/α,β-unsaturated/α-hetero) is 1. The fourth-order valence-corrected chi connectivity index (χ4v) is 9.45. The maximum Gasteiger partial charge on any atom is 0.193 e. The summed E-state index contributed by atoms with van der Waals surface area (Å²) in [4.78, 5) is 25.8. The molecule has 0 radical (unpaired) electrons. The molecule has 7 rings (SSSR count). The van der Waals surface area contributed by atoms with Crippen molar-refractivity contribution in [3.63, 3.8) is 0 Å². The molecule has 10 atom stereocenters. The van der Waals surface area contributed by atoms with E-state index in [9.17, 15) is 19.8 Å². The largest absolute Gasteiger partial charge is 0.399 e. The molecule has 7 nitrogen and oxygen atoms in total. The first-order valence-electron chi connectivity index (χ1n) is 15.2. The summed E-state index contributed by atoms with van der Waals surface area (Å²) in [5.74, 6) is -2.60. The van der Waals surface area contributed by atoms with E-state index < -0.39 is 76.8 Å². The fraction of sp³-hybridized carbons (Fsp3) is 0.486. The van der Waals surface area contributed by atoms with Gasteiger partial charge < -0.3 is 25.4 Å². The Balaban J connectivity index is 1.21. The monoisotopic (exact) mass is 605 g/mol. The second-order valence-electron chi connectivity index (χ2n) is 13.6. The van der Waals surface area contributed by atoms with E-state index >= 15 is 8.78 Å². The molecule has 0 bridgehead atoms. The number of carbonyl (C=O) groups excluding carboxylic acids is 2. The molecule has 9 heteroatoms. The van der Waals surface area contributed by atoms with Gasteiger partial charge >= 0.3 is 0 Å². The molecule has 1 unspecified atom stereocenters. The highest BCUT2D eigenvalue weighted by Gasteiger charge is 2.80. The van der Waals surface area contributed by atoms with E-state index in [1.807, 2.05) is 48.5 Å². The molecule has 0 amide bonds. The SMILES string of the molecule is CC12C[C@H](O)[C@@]3(F)[C@@H](C[C@H](F)C4=CC(=O)C=C[C@@]43C)[C@@H]1C[C@H]1O[C@H](c3ccc(Cc4cccc(N)c4)cc3)O[C@]12C(=O)CO. The van der Waals surface area contributed by atoms with Crippen molar-refractivity contribution in [2.24, 2.45) is 22.7 Å². The molecule has 2 aromatic carbocycles. The Bertz CT molecular complexity index is 1590. The number of ketones is 2. The maximum atomic E-state index is 17.5. The van der Waals surface area contributed by atoms with Gasteiger partial charge in [-0.1, -0.05) is 49.4 Å². The zero-order valence-electron chi connectivity index (χ0n) is 24.7. The number of fused-ring (bicyclic) bond motifs is 7. The van der Waals surface area contributed by atoms with E-state index in [2.05, 4.69) is 0 Å². The number of hydrogen-bond donors (Lipinski definition) is 3. The molecule has 3 saturated carbocycles. The van der Waals surface area contributed by atoms with Crippen LogP contribution in [0.25, 0.3) is 0 Å². The van der Waals surface area contributed by atoms with Gasteiger partial charge in [0.05, 0.1) is 12.2 Å². The number of benzene rings is 2. The molecule has 0 spiro atoms. The van der Waals surface area contributed by atoms with Crippen molar-refractivity contribution in [3.8, 4) is 0 Å². The summed E-state index contributed by atoms with van der Waals surface area (Å²) in [5, 5.41) is 21.8. The molecular formula is C35H37F2NO6. The molecular weight excluding hydrogens is 568 g/mol. The smallest absolute Gasteiger partial charge is 0.193 e. The number of halogens is 2. The summed E-state index contributed by atoms with van der Waals surface area (Å²) in [5.41, 5.74) is 2.78. The van der Waals surface area contributed by atoms with Gasteiger partial charge in [-0.3, -0.25) is 9.59 Å². The molecule has 44 heavy (non-hydrogen) atoms. The summed E-state index contributed by atoms with van der Waals surface area (Å²) >= 11 is 0. The highest BCUT2D eigenvalue weighted by Crippen LogP contribution is 2.72. The Morgan fingerprint density at radius 3 is 2.55 bits per heavy atom. The maximum absolute atomic E-state index is 17.5. The van der Waals surface area contributed by atoms with Crippen LogP contribution in [0.4, 0.5) is 14.5 Å². The van der Waals surface area contributed by atoms with Gasteiger partial charge in [-0.25, -0.2) is 8.78 Å². The average molecular weight is 606 g/mol. The third kappa shape index (κ3) is 3.79. The highest BCUT2D eigenvalue weighted by atomic mass is 19.1. The number of ether oxygens (including phenoxy) is 2. The van der Waals surface area contributed by atoms with Crippen LogP contribution >= 0.6 is 0 Å². The second kappa shape index (κ2) is 9.88. The number of nitrogens with two attached hydrogens (primary N) is 1. The van der Waals surface area contributed by atoms with Gasteiger partial charge in [-0.05, 0) is 79.5 Å². The minimum Gasteiger partial charge on any atom is -0.399 e. The minimum atomic E-state index is -2.29. The number of nitrogen functional groups attached to an aromatic ring is 1. The Labute approximate surface area is 254 Å². The van der Waals surface area contributed by atoms with E-state index in [-0.39, 0.29) is 24.8 Å². The summed E-state index contributed by atoms with van der Waals surface area (Å²) in [6.07, 6.45) is -0.720. The zero-order valence-corrected chi connectivity index (χ0v) is 24.7. The number of hydrogen-bond acceptors (Lipinski definition) is 7. The number of anilines is 1. The van der Waals surface area contributed by atoms with Crippen LogP contribution in [0.1, 0.15) is 56.1 Å². The molecule has 4 fully saturated rings. The van der Waals surface area contributed by atoms with Gasteiger partial charge in [0.15, 0.2) is 29.1 Å². The zero-order chi connectivity index (χ0) is 31.2.